The van der Waals surface area contributed by atoms with E-state index in [1.807, 2.05) is 13.8 Å². The lowest BCUT2D eigenvalue weighted by Gasteiger charge is -2.10. The van der Waals surface area contributed by atoms with Crippen molar-refractivity contribution in [1.82, 2.24) is 14.8 Å². The number of rotatable bonds is 4. The van der Waals surface area contributed by atoms with Gasteiger partial charge in [-0.15, -0.1) is 0 Å². The highest BCUT2D eigenvalue weighted by Crippen LogP contribution is 2.25. The zero-order chi connectivity index (χ0) is 16.6. The molecule has 0 spiro atoms. The van der Waals surface area contributed by atoms with E-state index in [0.717, 1.165) is 11.0 Å². The predicted molar refractivity (Wildman–Crippen MR) is 92.9 cm³/mol. The SMILES string of the molecule is CC(C)n1ncc2cc(NS(=O)(=O)c3ccccc3Br)cnc21. The molecule has 2 aromatic heterocycles. The fourth-order valence-corrected chi connectivity index (χ4v) is 4.29. The van der Waals surface area contributed by atoms with Crippen LogP contribution in [0.4, 0.5) is 5.69 Å². The highest BCUT2D eigenvalue weighted by Gasteiger charge is 2.18. The third-order valence-electron chi connectivity index (χ3n) is 3.30. The van der Waals surface area contributed by atoms with Crippen molar-refractivity contribution in [2.24, 2.45) is 0 Å². The van der Waals surface area contributed by atoms with E-state index in [1.54, 1.807) is 35.1 Å². The Balaban J connectivity index is 1.97. The Hall–Kier alpha value is -1.93. The first-order valence-corrected chi connectivity index (χ1v) is 9.27. The smallest absolute Gasteiger partial charge is 0.263 e. The van der Waals surface area contributed by atoms with Gasteiger partial charge in [-0.25, -0.2) is 18.1 Å². The first-order chi connectivity index (χ1) is 10.9. The van der Waals surface area contributed by atoms with Crippen LogP contribution < -0.4 is 4.72 Å². The molecule has 0 aliphatic heterocycles. The number of hydrogen-bond donors (Lipinski definition) is 1. The fourth-order valence-electron chi connectivity index (χ4n) is 2.25. The van der Waals surface area contributed by atoms with Gasteiger partial charge >= 0.3 is 0 Å². The molecule has 0 aliphatic carbocycles. The maximum Gasteiger partial charge on any atom is 0.263 e. The highest BCUT2D eigenvalue weighted by molar-refractivity contribution is 9.10. The van der Waals surface area contributed by atoms with E-state index >= 15 is 0 Å². The molecule has 0 amide bonds. The highest BCUT2D eigenvalue weighted by atomic mass is 79.9. The van der Waals surface area contributed by atoms with E-state index < -0.39 is 10.0 Å². The largest absolute Gasteiger partial charge is 0.278 e. The minimum Gasteiger partial charge on any atom is -0.278 e. The number of anilines is 1. The third-order valence-corrected chi connectivity index (χ3v) is 5.69. The molecule has 1 aromatic carbocycles. The number of nitrogens with zero attached hydrogens (tertiary/aromatic N) is 3. The monoisotopic (exact) mass is 394 g/mol. The van der Waals surface area contributed by atoms with Crippen molar-refractivity contribution < 1.29 is 8.42 Å². The molecule has 23 heavy (non-hydrogen) atoms. The van der Waals surface area contributed by atoms with E-state index in [4.69, 9.17) is 0 Å². The van der Waals surface area contributed by atoms with Gasteiger partial charge in [-0.1, -0.05) is 12.1 Å². The summed E-state index contributed by atoms with van der Waals surface area (Å²) < 4.78 is 29.8. The molecule has 120 valence electrons. The summed E-state index contributed by atoms with van der Waals surface area (Å²) in [6, 6.07) is 8.56. The molecule has 0 unspecified atom stereocenters. The molecular weight excluding hydrogens is 380 g/mol. The Morgan fingerprint density at radius 1 is 1.22 bits per heavy atom. The predicted octanol–water partition coefficient (Wildman–Crippen LogP) is 3.58. The number of fused-ring (bicyclic) bond motifs is 1. The van der Waals surface area contributed by atoms with Gasteiger partial charge in [0.15, 0.2) is 5.65 Å². The van der Waals surface area contributed by atoms with Crippen molar-refractivity contribution in [2.45, 2.75) is 24.8 Å². The maximum atomic E-state index is 12.5. The van der Waals surface area contributed by atoms with Crippen LogP contribution in [-0.4, -0.2) is 23.2 Å². The average Bonchev–Trinajstić information content (AvgIpc) is 2.90. The molecule has 0 aliphatic rings. The van der Waals surface area contributed by atoms with E-state index in [1.165, 1.54) is 12.3 Å². The molecular formula is C15H15BrN4O2S. The average molecular weight is 395 g/mol. The van der Waals surface area contributed by atoms with Crippen LogP contribution in [0.2, 0.25) is 0 Å². The van der Waals surface area contributed by atoms with E-state index in [2.05, 4.69) is 30.7 Å². The summed E-state index contributed by atoms with van der Waals surface area (Å²) in [6.07, 6.45) is 3.18. The number of aromatic nitrogens is 3. The van der Waals surface area contributed by atoms with Crippen LogP contribution in [0.15, 0.2) is 52.1 Å². The second-order valence-electron chi connectivity index (χ2n) is 5.36. The Morgan fingerprint density at radius 2 is 1.96 bits per heavy atom. The molecule has 8 heteroatoms. The van der Waals surface area contributed by atoms with Crippen LogP contribution in [-0.2, 0) is 10.0 Å². The summed E-state index contributed by atoms with van der Waals surface area (Å²) in [5.41, 5.74) is 1.13. The first-order valence-electron chi connectivity index (χ1n) is 6.99. The fraction of sp³-hybridized carbons (Fsp3) is 0.200. The lowest BCUT2D eigenvalue weighted by atomic mass is 10.3. The van der Waals surface area contributed by atoms with Crippen molar-refractivity contribution in [2.75, 3.05) is 4.72 Å². The van der Waals surface area contributed by atoms with Crippen molar-refractivity contribution in [1.29, 1.82) is 0 Å². The van der Waals surface area contributed by atoms with Crippen molar-refractivity contribution >= 4 is 42.7 Å². The molecule has 0 fully saturated rings. The van der Waals surface area contributed by atoms with Gasteiger partial charge in [-0.05, 0) is 48.0 Å². The zero-order valence-electron chi connectivity index (χ0n) is 12.6. The van der Waals surface area contributed by atoms with Crippen LogP contribution in [0.3, 0.4) is 0 Å². The quantitative estimate of drug-likeness (QED) is 0.733. The number of pyridine rings is 1. The van der Waals surface area contributed by atoms with Crippen LogP contribution in [0, 0.1) is 0 Å². The second-order valence-corrected chi connectivity index (χ2v) is 7.86. The van der Waals surface area contributed by atoms with E-state index in [0.29, 0.717) is 10.2 Å². The minimum atomic E-state index is -3.69. The molecule has 6 nitrogen and oxygen atoms in total. The lowest BCUT2D eigenvalue weighted by Crippen LogP contribution is -2.13. The summed E-state index contributed by atoms with van der Waals surface area (Å²) in [6.45, 7) is 4.02. The first kappa shape index (κ1) is 15.9. The van der Waals surface area contributed by atoms with Gasteiger partial charge < -0.3 is 0 Å². The van der Waals surface area contributed by atoms with Crippen LogP contribution in [0.5, 0.6) is 0 Å². The van der Waals surface area contributed by atoms with Crippen LogP contribution >= 0.6 is 15.9 Å². The Morgan fingerprint density at radius 3 is 2.65 bits per heavy atom. The molecule has 1 N–H and O–H groups in total. The van der Waals surface area contributed by atoms with Crippen molar-refractivity contribution in [3.8, 4) is 0 Å². The third kappa shape index (κ3) is 3.09. The molecule has 0 radical (unpaired) electrons. The van der Waals surface area contributed by atoms with Crippen LogP contribution in [0.25, 0.3) is 11.0 Å². The van der Waals surface area contributed by atoms with Gasteiger partial charge in [0.05, 0.1) is 18.1 Å². The van der Waals surface area contributed by atoms with Gasteiger partial charge in [0.1, 0.15) is 4.90 Å². The summed E-state index contributed by atoms with van der Waals surface area (Å²) in [5, 5.41) is 5.06. The Kier molecular flexibility index (Phi) is 4.11. The van der Waals surface area contributed by atoms with Crippen molar-refractivity contribution in [3.05, 3.63) is 47.2 Å². The van der Waals surface area contributed by atoms with Gasteiger partial charge in [0.2, 0.25) is 0 Å². The number of halogens is 1. The molecule has 3 rings (SSSR count). The minimum absolute atomic E-state index is 0.179. The van der Waals surface area contributed by atoms with Crippen LogP contribution in [0.1, 0.15) is 19.9 Å². The summed E-state index contributed by atoms with van der Waals surface area (Å²) in [5.74, 6) is 0. The van der Waals surface area contributed by atoms with Gasteiger partial charge in [0.25, 0.3) is 10.0 Å². The summed E-state index contributed by atoms with van der Waals surface area (Å²) in [4.78, 5) is 4.50. The molecule has 0 atom stereocenters. The normalized spacial score (nSPS) is 12.0. The second kappa shape index (κ2) is 5.93. The number of benzene rings is 1. The summed E-state index contributed by atoms with van der Waals surface area (Å²) >= 11 is 3.26. The summed E-state index contributed by atoms with van der Waals surface area (Å²) in [7, 11) is -3.69. The number of sulfonamides is 1. The molecule has 0 saturated heterocycles. The van der Waals surface area contributed by atoms with Gasteiger partial charge in [0, 0.05) is 15.9 Å². The standard InChI is InChI=1S/C15H15BrN4O2S/c1-10(2)20-15-11(8-18-20)7-12(9-17-15)19-23(21,22)14-6-4-3-5-13(14)16/h3-10,19H,1-2H3. The number of nitrogens with one attached hydrogen (secondary N) is 1. The topological polar surface area (TPSA) is 76.9 Å². The Bertz CT molecular complexity index is 967. The molecule has 0 bridgehead atoms. The maximum absolute atomic E-state index is 12.5. The molecule has 0 saturated carbocycles. The molecule has 2 heterocycles. The zero-order valence-corrected chi connectivity index (χ0v) is 15.0. The lowest BCUT2D eigenvalue weighted by molar-refractivity contribution is 0.546. The van der Waals surface area contributed by atoms with E-state index in [9.17, 15) is 8.42 Å². The van der Waals surface area contributed by atoms with Gasteiger partial charge in [-0.2, -0.15) is 5.10 Å². The van der Waals surface area contributed by atoms with Crippen molar-refractivity contribution in [3.63, 3.8) is 0 Å². The molecule has 3 aromatic rings. The van der Waals surface area contributed by atoms with Gasteiger partial charge in [-0.3, -0.25) is 4.72 Å². The Labute approximate surface area is 142 Å². The number of hydrogen-bond acceptors (Lipinski definition) is 4. The van der Waals surface area contributed by atoms with E-state index in [-0.39, 0.29) is 10.9 Å².